The van der Waals surface area contributed by atoms with Crippen LogP contribution in [0.5, 0.6) is 0 Å². The van der Waals surface area contributed by atoms with Crippen LogP contribution < -0.4 is 5.23 Å². The minimum Gasteiger partial charge on any atom is -0.595 e. The first kappa shape index (κ1) is 17.5. The lowest BCUT2D eigenvalue weighted by molar-refractivity contribution is -0.991. The quantitative estimate of drug-likeness (QED) is 0.357. The van der Waals surface area contributed by atoms with Gasteiger partial charge < -0.3 is 5.21 Å². The van der Waals surface area contributed by atoms with Crippen molar-refractivity contribution >= 4 is 27.4 Å². The molecule has 140 valence electrons. The molecule has 1 atom stereocenters. The van der Waals surface area contributed by atoms with Crippen molar-refractivity contribution in [3.05, 3.63) is 96.3 Å². The van der Waals surface area contributed by atoms with E-state index in [0.717, 1.165) is 44.2 Å². The van der Waals surface area contributed by atoms with Gasteiger partial charge in [0.05, 0.1) is 16.9 Å². The lowest BCUT2D eigenvalue weighted by Crippen LogP contribution is -2.99. The predicted octanol–water partition coefficient (Wildman–Crippen LogP) is 4.52. The van der Waals surface area contributed by atoms with Crippen LogP contribution in [0.2, 0.25) is 0 Å². The molecule has 2 N–H and O–H groups in total. The van der Waals surface area contributed by atoms with Crippen molar-refractivity contribution in [2.24, 2.45) is 0 Å². The molecule has 0 bridgehead atoms. The molecule has 0 saturated carbocycles. The van der Waals surface area contributed by atoms with Crippen LogP contribution >= 0.6 is 0 Å². The molecule has 5 aromatic rings. The third-order valence-corrected chi connectivity index (χ3v) is 5.07. The van der Waals surface area contributed by atoms with Gasteiger partial charge in [0.2, 0.25) is 0 Å². The second kappa shape index (κ2) is 7.07. The van der Waals surface area contributed by atoms with Gasteiger partial charge in [-0.15, -0.1) is 0 Å². The monoisotopic (exact) mass is 379 g/mol. The molecule has 0 amide bonds. The Morgan fingerprint density at radius 1 is 0.793 bits per heavy atom. The third kappa shape index (κ3) is 3.13. The van der Waals surface area contributed by atoms with Crippen molar-refractivity contribution in [1.82, 2.24) is 9.97 Å². The minimum absolute atomic E-state index is 0.266. The zero-order valence-electron chi connectivity index (χ0n) is 15.4. The molecule has 3 aromatic carbocycles. The van der Waals surface area contributed by atoms with Gasteiger partial charge in [-0.1, -0.05) is 36.4 Å². The largest absolute Gasteiger partial charge is 0.595 e. The van der Waals surface area contributed by atoms with Gasteiger partial charge in [-0.05, 0) is 58.3 Å². The molecule has 0 aliphatic heterocycles. The molecular weight excluding hydrogens is 362 g/mol. The van der Waals surface area contributed by atoms with E-state index in [2.05, 4.69) is 23.2 Å². The molecular formula is C24H17N3O2. The van der Waals surface area contributed by atoms with Crippen molar-refractivity contribution in [3.63, 3.8) is 0 Å². The van der Waals surface area contributed by atoms with Gasteiger partial charge in [0, 0.05) is 23.7 Å². The van der Waals surface area contributed by atoms with Crippen molar-refractivity contribution in [2.75, 3.05) is 0 Å². The predicted molar refractivity (Wildman–Crippen MR) is 114 cm³/mol. The Kier molecular flexibility index (Phi) is 4.26. The van der Waals surface area contributed by atoms with Crippen molar-refractivity contribution in [3.8, 4) is 22.5 Å². The Bertz CT molecular complexity index is 1320. The second-order valence-corrected chi connectivity index (χ2v) is 6.83. The first-order valence-electron chi connectivity index (χ1n) is 9.28. The van der Waals surface area contributed by atoms with Crippen LogP contribution in [0.25, 0.3) is 44.2 Å². The smallest absolute Gasteiger partial charge is 0.163 e. The van der Waals surface area contributed by atoms with E-state index in [9.17, 15) is 10.4 Å². The number of hydrogen-bond donors (Lipinski definition) is 2. The average Bonchev–Trinajstić information content (AvgIpc) is 2.79. The molecule has 0 fully saturated rings. The maximum atomic E-state index is 11.3. The fraction of sp³-hybridized carbons (Fsp3) is 0. The van der Waals surface area contributed by atoms with Crippen molar-refractivity contribution in [1.29, 1.82) is 0 Å². The zero-order chi connectivity index (χ0) is 19.8. The summed E-state index contributed by atoms with van der Waals surface area (Å²) >= 11 is 0. The van der Waals surface area contributed by atoms with Crippen LogP contribution in [0, 0.1) is 5.21 Å². The normalized spacial score (nSPS) is 12.3. The molecule has 5 rings (SSSR count). The molecule has 29 heavy (non-hydrogen) atoms. The van der Waals surface area contributed by atoms with Crippen LogP contribution in [0.4, 0.5) is 5.69 Å². The number of aromatic nitrogens is 2. The molecule has 2 aromatic heterocycles. The number of benzene rings is 3. The molecule has 2 heterocycles. The van der Waals surface area contributed by atoms with Gasteiger partial charge in [-0.2, -0.15) is 5.23 Å². The molecule has 1 unspecified atom stereocenters. The van der Waals surface area contributed by atoms with E-state index in [1.807, 2.05) is 54.6 Å². The third-order valence-electron chi connectivity index (χ3n) is 5.07. The highest BCUT2D eigenvalue weighted by atomic mass is 16.8. The zero-order valence-corrected chi connectivity index (χ0v) is 15.4. The summed E-state index contributed by atoms with van der Waals surface area (Å²) in [5.74, 6) is 0. The van der Waals surface area contributed by atoms with E-state index in [-0.39, 0.29) is 5.69 Å². The second-order valence-electron chi connectivity index (χ2n) is 6.83. The number of hydrogen-bond acceptors (Lipinski definition) is 4. The van der Waals surface area contributed by atoms with Gasteiger partial charge in [0.15, 0.2) is 5.69 Å². The molecule has 0 aliphatic carbocycles. The van der Waals surface area contributed by atoms with E-state index < -0.39 is 5.23 Å². The first-order valence-corrected chi connectivity index (χ1v) is 9.28. The summed E-state index contributed by atoms with van der Waals surface area (Å²) in [4.78, 5) is 9.32. The van der Waals surface area contributed by atoms with Crippen molar-refractivity contribution in [2.45, 2.75) is 0 Å². The van der Waals surface area contributed by atoms with E-state index in [1.165, 1.54) is 0 Å². The molecule has 5 heteroatoms. The highest BCUT2D eigenvalue weighted by Crippen LogP contribution is 2.36. The van der Waals surface area contributed by atoms with Gasteiger partial charge >= 0.3 is 0 Å². The Hall–Kier alpha value is -3.64. The SMILES string of the molecule is [O-][NH+](O)c1ccc(-c2cc(-c3ccccn3)nc3ccc4ccccc4c23)cc1. The number of rotatable bonds is 3. The maximum Gasteiger partial charge on any atom is 0.163 e. The Morgan fingerprint density at radius 3 is 2.34 bits per heavy atom. The van der Waals surface area contributed by atoms with Crippen LogP contribution in [-0.4, -0.2) is 15.2 Å². The first-order chi connectivity index (χ1) is 14.2. The number of quaternary nitrogens is 1. The highest BCUT2D eigenvalue weighted by Gasteiger charge is 2.13. The van der Waals surface area contributed by atoms with E-state index in [1.54, 1.807) is 18.3 Å². The lowest BCUT2D eigenvalue weighted by Gasteiger charge is -2.14. The van der Waals surface area contributed by atoms with Crippen LogP contribution in [0.3, 0.4) is 0 Å². The summed E-state index contributed by atoms with van der Waals surface area (Å²) in [7, 11) is 0. The van der Waals surface area contributed by atoms with Gasteiger partial charge in [0.1, 0.15) is 0 Å². The van der Waals surface area contributed by atoms with Crippen LogP contribution in [0.1, 0.15) is 0 Å². The summed E-state index contributed by atoms with van der Waals surface area (Å²) in [5.41, 5.74) is 4.67. The molecule has 0 radical (unpaired) electrons. The van der Waals surface area contributed by atoms with Gasteiger partial charge in [-0.25, -0.2) is 10.2 Å². The van der Waals surface area contributed by atoms with Crippen LogP contribution in [0.15, 0.2) is 91.1 Å². The molecule has 5 nitrogen and oxygen atoms in total. The van der Waals surface area contributed by atoms with Crippen molar-refractivity contribution < 1.29 is 10.4 Å². The Balaban J connectivity index is 1.84. The molecule has 0 spiro atoms. The number of pyridine rings is 2. The fourth-order valence-corrected chi connectivity index (χ4v) is 3.67. The maximum absolute atomic E-state index is 11.3. The molecule has 0 saturated heterocycles. The Morgan fingerprint density at radius 2 is 1.59 bits per heavy atom. The lowest BCUT2D eigenvalue weighted by atomic mass is 9.95. The summed E-state index contributed by atoms with van der Waals surface area (Å²) < 4.78 is 0. The summed E-state index contributed by atoms with van der Waals surface area (Å²) in [6.45, 7) is 0. The fourth-order valence-electron chi connectivity index (χ4n) is 3.67. The summed E-state index contributed by atoms with van der Waals surface area (Å²) in [5, 5.41) is 22.9. The van der Waals surface area contributed by atoms with Crippen LogP contribution in [-0.2, 0) is 0 Å². The average molecular weight is 379 g/mol. The summed E-state index contributed by atoms with van der Waals surface area (Å²) in [6, 6.07) is 27.1. The van der Waals surface area contributed by atoms with E-state index in [0.29, 0.717) is 0 Å². The molecule has 0 aliphatic rings. The standard InChI is InChI=1S/C24H17N3O2/c28-27(29)18-11-8-17(9-12-18)20-15-23(21-7-3-4-14-25-21)26-22-13-10-16-5-1-2-6-19(16)24(20)22/h1-15,27-28H. The summed E-state index contributed by atoms with van der Waals surface area (Å²) in [6.07, 6.45) is 1.75. The Labute approximate surface area is 167 Å². The number of nitrogens with zero attached hydrogens (tertiary/aromatic N) is 2. The van der Waals surface area contributed by atoms with E-state index in [4.69, 9.17) is 4.98 Å². The number of nitrogens with one attached hydrogen (secondary N) is 1. The topological polar surface area (TPSA) is 73.5 Å². The highest BCUT2D eigenvalue weighted by molar-refractivity contribution is 6.13. The van der Waals surface area contributed by atoms with Gasteiger partial charge in [0.25, 0.3) is 0 Å². The van der Waals surface area contributed by atoms with E-state index >= 15 is 0 Å². The minimum atomic E-state index is -0.934. The number of fused-ring (bicyclic) bond motifs is 3. The van der Waals surface area contributed by atoms with Gasteiger partial charge in [-0.3, -0.25) is 4.98 Å².